The van der Waals surface area contributed by atoms with Crippen molar-refractivity contribution >= 4 is 23.6 Å². The molecule has 4 nitrogen and oxygen atoms in total. The molecule has 0 spiro atoms. The van der Waals surface area contributed by atoms with E-state index in [2.05, 4.69) is 36.5 Å². The second kappa shape index (κ2) is 7.60. The number of carbonyl (C=O) groups is 2. The van der Waals surface area contributed by atoms with Gasteiger partial charge < -0.3 is 10.2 Å². The van der Waals surface area contributed by atoms with E-state index >= 15 is 0 Å². The van der Waals surface area contributed by atoms with Crippen molar-refractivity contribution < 1.29 is 9.59 Å². The minimum absolute atomic E-state index is 0.0132. The molecule has 1 heterocycles. The fourth-order valence-corrected chi connectivity index (χ4v) is 5.11. The third kappa shape index (κ3) is 3.77. The van der Waals surface area contributed by atoms with Gasteiger partial charge in [-0.05, 0) is 25.3 Å². The molecule has 2 fully saturated rings. The third-order valence-corrected chi connectivity index (χ3v) is 6.30. The van der Waals surface area contributed by atoms with Crippen molar-refractivity contribution in [3.63, 3.8) is 0 Å². The van der Waals surface area contributed by atoms with Gasteiger partial charge in [0.1, 0.15) is 11.4 Å². The SMILES string of the molecule is CC(=O)N1C(C(=O)NC2CCCCC2)CSC1c1ccc(C)cc1. The molecule has 24 heavy (non-hydrogen) atoms. The Morgan fingerprint density at radius 2 is 1.79 bits per heavy atom. The highest BCUT2D eigenvalue weighted by atomic mass is 32.2. The van der Waals surface area contributed by atoms with Crippen LogP contribution in [0, 0.1) is 6.92 Å². The number of carbonyl (C=O) groups excluding carboxylic acids is 2. The van der Waals surface area contributed by atoms with E-state index in [-0.39, 0.29) is 29.3 Å². The molecule has 2 atom stereocenters. The largest absolute Gasteiger partial charge is 0.352 e. The first kappa shape index (κ1) is 17.3. The molecule has 1 aliphatic heterocycles. The number of nitrogens with zero attached hydrogens (tertiary/aromatic N) is 1. The standard InChI is InChI=1S/C19H26N2O2S/c1-13-8-10-15(11-9-13)19-21(14(2)22)17(12-24-19)18(23)20-16-6-4-3-5-7-16/h8-11,16-17,19H,3-7,12H2,1-2H3,(H,20,23). The van der Waals surface area contributed by atoms with Gasteiger partial charge in [-0.2, -0.15) is 0 Å². The van der Waals surface area contributed by atoms with Crippen LogP contribution in [0.5, 0.6) is 0 Å². The molecule has 1 N–H and O–H groups in total. The van der Waals surface area contributed by atoms with E-state index in [1.165, 1.54) is 24.8 Å². The topological polar surface area (TPSA) is 49.4 Å². The number of amides is 2. The molecular formula is C19H26N2O2S. The number of hydrogen-bond donors (Lipinski definition) is 1. The Morgan fingerprint density at radius 3 is 2.42 bits per heavy atom. The summed E-state index contributed by atoms with van der Waals surface area (Å²) in [6, 6.07) is 8.16. The lowest BCUT2D eigenvalue weighted by molar-refractivity contribution is -0.138. The molecule has 130 valence electrons. The Labute approximate surface area is 148 Å². The maximum absolute atomic E-state index is 12.7. The molecule has 1 saturated heterocycles. The molecule has 3 rings (SSSR count). The van der Waals surface area contributed by atoms with Crippen LogP contribution in [0.3, 0.4) is 0 Å². The number of rotatable bonds is 3. The average Bonchev–Trinajstić information content (AvgIpc) is 3.02. The van der Waals surface area contributed by atoms with Crippen LogP contribution >= 0.6 is 11.8 Å². The van der Waals surface area contributed by atoms with Crippen LogP contribution < -0.4 is 5.32 Å². The summed E-state index contributed by atoms with van der Waals surface area (Å²) in [6.07, 6.45) is 5.76. The number of thioether (sulfide) groups is 1. The molecule has 0 radical (unpaired) electrons. The number of aryl methyl sites for hydroxylation is 1. The van der Waals surface area contributed by atoms with Gasteiger partial charge in [0.15, 0.2) is 0 Å². The summed E-state index contributed by atoms with van der Waals surface area (Å²) < 4.78 is 0. The molecule has 2 unspecified atom stereocenters. The normalized spacial score (nSPS) is 24.8. The zero-order chi connectivity index (χ0) is 17.1. The highest BCUT2D eigenvalue weighted by Gasteiger charge is 2.41. The number of nitrogens with one attached hydrogen (secondary N) is 1. The second-order valence-corrected chi connectivity index (χ2v) is 8.00. The smallest absolute Gasteiger partial charge is 0.243 e. The fraction of sp³-hybridized carbons (Fsp3) is 0.579. The van der Waals surface area contributed by atoms with E-state index in [1.54, 1.807) is 23.6 Å². The Balaban J connectivity index is 1.72. The van der Waals surface area contributed by atoms with Crippen molar-refractivity contribution in [2.75, 3.05) is 5.75 Å². The van der Waals surface area contributed by atoms with Crippen molar-refractivity contribution in [1.82, 2.24) is 10.2 Å². The lowest BCUT2D eigenvalue weighted by Crippen LogP contribution is -2.50. The second-order valence-electron chi connectivity index (χ2n) is 6.88. The molecule has 5 heteroatoms. The van der Waals surface area contributed by atoms with Gasteiger partial charge in [-0.1, -0.05) is 49.1 Å². The van der Waals surface area contributed by atoms with Gasteiger partial charge in [0.25, 0.3) is 0 Å². The maximum Gasteiger partial charge on any atom is 0.243 e. The minimum Gasteiger partial charge on any atom is -0.352 e. The van der Waals surface area contributed by atoms with Crippen molar-refractivity contribution in [2.45, 2.75) is 63.4 Å². The zero-order valence-corrected chi connectivity index (χ0v) is 15.3. The molecular weight excluding hydrogens is 320 g/mol. The van der Waals surface area contributed by atoms with Gasteiger partial charge in [0.2, 0.25) is 11.8 Å². The molecule has 1 aromatic rings. The molecule has 2 amide bonds. The monoisotopic (exact) mass is 346 g/mol. The lowest BCUT2D eigenvalue weighted by atomic mass is 9.95. The van der Waals surface area contributed by atoms with Crippen molar-refractivity contribution in [3.8, 4) is 0 Å². The maximum atomic E-state index is 12.7. The molecule has 0 aromatic heterocycles. The summed E-state index contributed by atoms with van der Waals surface area (Å²) in [5.74, 6) is 0.644. The highest BCUT2D eigenvalue weighted by Crippen LogP contribution is 2.41. The van der Waals surface area contributed by atoms with Gasteiger partial charge in [-0.25, -0.2) is 0 Å². The van der Waals surface area contributed by atoms with Crippen LogP contribution in [-0.2, 0) is 9.59 Å². The van der Waals surface area contributed by atoms with E-state index in [9.17, 15) is 9.59 Å². The van der Waals surface area contributed by atoms with Gasteiger partial charge in [0.05, 0.1) is 0 Å². The van der Waals surface area contributed by atoms with E-state index in [1.807, 2.05) is 0 Å². The van der Waals surface area contributed by atoms with Gasteiger partial charge in [0, 0.05) is 18.7 Å². The van der Waals surface area contributed by atoms with E-state index in [0.717, 1.165) is 18.4 Å². The molecule has 1 aromatic carbocycles. The van der Waals surface area contributed by atoms with Crippen LogP contribution in [-0.4, -0.2) is 34.6 Å². The predicted molar refractivity (Wildman–Crippen MR) is 97.7 cm³/mol. The van der Waals surface area contributed by atoms with Crippen LogP contribution in [0.2, 0.25) is 0 Å². The zero-order valence-electron chi connectivity index (χ0n) is 14.5. The Hall–Kier alpha value is -1.49. The van der Waals surface area contributed by atoms with Crippen molar-refractivity contribution in [3.05, 3.63) is 35.4 Å². The van der Waals surface area contributed by atoms with E-state index < -0.39 is 0 Å². The van der Waals surface area contributed by atoms with E-state index in [0.29, 0.717) is 5.75 Å². The summed E-state index contributed by atoms with van der Waals surface area (Å²) >= 11 is 1.68. The molecule has 1 aliphatic carbocycles. The van der Waals surface area contributed by atoms with Crippen molar-refractivity contribution in [1.29, 1.82) is 0 Å². The summed E-state index contributed by atoms with van der Waals surface area (Å²) in [6.45, 7) is 3.61. The predicted octanol–water partition coefficient (Wildman–Crippen LogP) is 3.41. The average molecular weight is 346 g/mol. The minimum atomic E-state index is -0.360. The Kier molecular flexibility index (Phi) is 5.49. The first-order chi connectivity index (χ1) is 11.6. The van der Waals surface area contributed by atoms with Gasteiger partial charge in [-0.3, -0.25) is 9.59 Å². The number of benzene rings is 1. The highest BCUT2D eigenvalue weighted by molar-refractivity contribution is 7.99. The van der Waals surface area contributed by atoms with Crippen LogP contribution in [0.4, 0.5) is 0 Å². The summed E-state index contributed by atoms with van der Waals surface area (Å²) in [7, 11) is 0. The molecule has 2 aliphatic rings. The van der Waals surface area contributed by atoms with Gasteiger partial charge in [-0.15, -0.1) is 11.8 Å². The first-order valence-electron chi connectivity index (χ1n) is 8.83. The van der Waals surface area contributed by atoms with Crippen LogP contribution in [0.1, 0.15) is 55.5 Å². The Bertz CT molecular complexity index is 596. The summed E-state index contributed by atoms with van der Waals surface area (Å²) in [5, 5.41) is 3.12. The summed E-state index contributed by atoms with van der Waals surface area (Å²) in [5.41, 5.74) is 2.29. The molecule has 0 bridgehead atoms. The van der Waals surface area contributed by atoms with Crippen molar-refractivity contribution in [2.24, 2.45) is 0 Å². The van der Waals surface area contributed by atoms with Crippen LogP contribution in [0.25, 0.3) is 0 Å². The molecule has 1 saturated carbocycles. The van der Waals surface area contributed by atoms with E-state index in [4.69, 9.17) is 0 Å². The number of hydrogen-bond acceptors (Lipinski definition) is 3. The quantitative estimate of drug-likeness (QED) is 0.912. The van der Waals surface area contributed by atoms with Crippen LogP contribution in [0.15, 0.2) is 24.3 Å². The first-order valence-corrected chi connectivity index (χ1v) is 9.88. The van der Waals surface area contributed by atoms with Gasteiger partial charge >= 0.3 is 0 Å². The fourth-order valence-electron chi connectivity index (χ4n) is 3.63. The lowest BCUT2D eigenvalue weighted by Gasteiger charge is -2.30. The Morgan fingerprint density at radius 1 is 1.12 bits per heavy atom. The summed E-state index contributed by atoms with van der Waals surface area (Å²) in [4.78, 5) is 26.7. The third-order valence-electron chi connectivity index (χ3n) is 4.98.